The van der Waals surface area contributed by atoms with Crippen molar-refractivity contribution in [3.63, 3.8) is 0 Å². The van der Waals surface area contributed by atoms with Crippen LogP contribution in [0.3, 0.4) is 0 Å². The fraction of sp³-hybridized carbons (Fsp3) is 0.279. The molecule has 0 radical (unpaired) electrons. The first-order valence-corrected chi connectivity index (χ1v) is 23.7. The van der Waals surface area contributed by atoms with Crippen molar-refractivity contribution in [3.8, 4) is 5.75 Å². The van der Waals surface area contributed by atoms with Crippen LogP contribution >= 0.6 is 0 Å². The zero-order valence-electron chi connectivity index (χ0n) is 29.1. The molecule has 0 bridgehead atoms. The molecule has 1 N–H and O–H groups in total. The van der Waals surface area contributed by atoms with Crippen LogP contribution in [-0.4, -0.2) is 19.6 Å². The predicted octanol–water partition coefficient (Wildman–Crippen LogP) is 10.1. The molecule has 4 nitrogen and oxygen atoms in total. The fourth-order valence-corrected chi connectivity index (χ4v) is 17.8. The number of nitrogens with one attached hydrogen (secondary N) is 1. The number of hydrogen-bond acceptors (Lipinski definition) is 2. The minimum atomic E-state index is -3.60. The Bertz CT molecular complexity index is 1680. The number of guanidine groups is 1. The van der Waals surface area contributed by atoms with Gasteiger partial charge in [0.2, 0.25) is 0 Å². The number of para-hydroxylation sites is 2. The van der Waals surface area contributed by atoms with Gasteiger partial charge in [-0.1, -0.05) is 0 Å². The minimum absolute atomic E-state index is 0.0743. The van der Waals surface area contributed by atoms with Crippen LogP contribution in [-0.2, 0) is 32.9 Å². The van der Waals surface area contributed by atoms with E-state index in [2.05, 4.69) is 171 Å². The second-order valence-corrected chi connectivity index (χ2v) is 22.9. The first-order valence-electron chi connectivity index (χ1n) is 17.4. The Labute approximate surface area is 292 Å². The number of ether oxygens (including phenoxy) is 1. The molecule has 48 heavy (non-hydrogen) atoms. The monoisotopic (exact) mass is 713 g/mol. The summed E-state index contributed by atoms with van der Waals surface area (Å²) in [7, 11) is 1.78. The van der Waals surface area contributed by atoms with Gasteiger partial charge in [-0.3, -0.25) is 0 Å². The number of nitrogens with zero attached hydrogens (tertiary/aromatic N) is 2. The second-order valence-electron chi connectivity index (χ2n) is 13.7. The molecule has 0 spiro atoms. The van der Waals surface area contributed by atoms with Crippen molar-refractivity contribution < 1.29 is 25.3 Å². The summed E-state index contributed by atoms with van der Waals surface area (Å²) < 4.78 is 15.2. The Morgan fingerprint density at radius 2 is 1.10 bits per heavy atom. The normalized spacial score (nSPS) is 15.7. The van der Waals surface area contributed by atoms with Crippen LogP contribution in [0.4, 0.5) is 5.69 Å². The van der Waals surface area contributed by atoms with E-state index in [1.807, 2.05) is 0 Å². The van der Waals surface area contributed by atoms with Gasteiger partial charge in [-0.2, -0.15) is 0 Å². The van der Waals surface area contributed by atoms with Gasteiger partial charge in [0.05, 0.1) is 0 Å². The molecule has 1 aliphatic heterocycles. The van der Waals surface area contributed by atoms with E-state index in [1.165, 1.54) is 33.4 Å². The SMILES string of the molecule is COc1ccccc1N1C(=[N][Zr]([CH2]c2ccccc2)([CH2]c2ccccc2)[CH2]c2ccccc2)NCC1c1c(C(C)C)cccc1C(C)C. The molecule has 1 atom stereocenters. The van der Waals surface area contributed by atoms with Crippen molar-refractivity contribution in [2.45, 2.75) is 58.0 Å². The van der Waals surface area contributed by atoms with Gasteiger partial charge in [-0.05, 0) is 0 Å². The van der Waals surface area contributed by atoms with Crippen LogP contribution in [0.2, 0.25) is 0 Å². The molecule has 1 saturated heterocycles. The molecule has 6 rings (SSSR count). The van der Waals surface area contributed by atoms with Gasteiger partial charge in [0.15, 0.2) is 0 Å². The summed E-state index contributed by atoms with van der Waals surface area (Å²) in [6.45, 7) is 10.0. The van der Waals surface area contributed by atoms with Crippen molar-refractivity contribution >= 4 is 11.6 Å². The molecular weight excluding hydrogens is 666 g/mol. The molecule has 1 unspecified atom stereocenters. The summed E-state index contributed by atoms with van der Waals surface area (Å²) in [5, 5.41) is 3.92. The first kappa shape index (κ1) is 33.9. The molecule has 0 amide bonds. The van der Waals surface area contributed by atoms with Gasteiger partial charge >= 0.3 is 294 Å². The Kier molecular flexibility index (Phi) is 11.0. The zero-order valence-corrected chi connectivity index (χ0v) is 31.5. The molecule has 1 heterocycles. The fourth-order valence-electron chi connectivity index (χ4n) is 7.40. The van der Waals surface area contributed by atoms with E-state index in [1.54, 1.807) is 7.11 Å². The average Bonchev–Trinajstić information content (AvgIpc) is 3.51. The van der Waals surface area contributed by atoms with Crippen molar-refractivity contribution in [2.75, 3.05) is 18.6 Å². The maximum absolute atomic E-state index is 6.14. The Morgan fingerprint density at radius 1 is 0.646 bits per heavy atom. The average molecular weight is 715 g/mol. The molecule has 246 valence electrons. The number of hydrogen-bond donors (Lipinski definition) is 1. The topological polar surface area (TPSA) is 36.9 Å². The van der Waals surface area contributed by atoms with Gasteiger partial charge in [-0.25, -0.2) is 0 Å². The van der Waals surface area contributed by atoms with E-state index in [-0.39, 0.29) is 6.04 Å². The third-order valence-electron chi connectivity index (χ3n) is 9.56. The summed E-state index contributed by atoms with van der Waals surface area (Å²) in [5.41, 5.74) is 9.39. The quantitative estimate of drug-likeness (QED) is 0.140. The van der Waals surface area contributed by atoms with Crippen molar-refractivity contribution in [2.24, 2.45) is 2.94 Å². The molecule has 5 heteroatoms. The van der Waals surface area contributed by atoms with Gasteiger partial charge in [0.25, 0.3) is 0 Å². The summed E-state index contributed by atoms with van der Waals surface area (Å²) in [6, 6.07) is 48.5. The molecule has 0 aliphatic carbocycles. The van der Waals surface area contributed by atoms with E-state index >= 15 is 0 Å². The molecule has 0 aromatic heterocycles. The number of benzene rings is 5. The summed E-state index contributed by atoms with van der Waals surface area (Å²) >= 11 is -3.60. The molecule has 5 aromatic rings. The Balaban J connectivity index is 1.59. The van der Waals surface area contributed by atoms with Crippen molar-refractivity contribution in [1.82, 2.24) is 5.32 Å². The molecule has 1 fully saturated rings. The van der Waals surface area contributed by atoms with Crippen LogP contribution in [0, 0.1) is 0 Å². The Hall–Kier alpha value is -3.95. The zero-order chi connectivity index (χ0) is 33.5. The number of methoxy groups -OCH3 is 1. The van der Waals surface area contributed by atoms with E-state index in [4.69, 9.17) is 7.67 Å². The second kappa shape index (κ2) is 15.5. The predicted molar refractivity (Wildman–Crippen MR) is 199 cm³/mol. The van der Waals surface area contributed by atoms with Crippen molar-refractivity contribution in [1.29, 1.82) is 0 Å². The van der Waals surface area contributed by atoms with Crippen LogP contribution in [0.5, 0.6) is 5.75 Å². The van der Waals surface area contributed by atoms with Gasteiger partial charge < -0.3 is 0 Å². The van der Waals surface area contributed by atoms with Crippen molar-refractivity contribution in [3.05, 3.63) is 167 Å². The van der Waals surface area contributed by atoms with E-state index in [0.29, 0.717) is 11.8 Å². The summed E-state index contributed by atoms with van der Waals surface area (Å²) in [4.78, 5) is 2.48. The van der Waals surface area contributed by atoms with Crippen LogP contribution < -0.4 is 15.0 Å². The van der Waals surface area contributed by atoms with Crippen LogP contribution in [0.1, 0.15) is 79.0 Å². The van der Waals surface area contributed by atoms with Gasteiger partial charge in [0.1, 0.15) is 0 Å². The summed E-state index contributed by atoms with van der Waals surface area (Å²) in [6.07, 6.45) is 0. The third kappa shape index (κ3) is 7.68. The standard InChI is InChI=1S/C22H28N3O.3C7H7.Zr/c1-14(2)16-9-8-10-17(15(3)4)21(16)19-13-24-22(23)25(19)18-11-6-7-12-20(18)26-5;3*1-7-5-3-2-4-6-7;/h6-12,14-15,19H,13H2,1-5H3,(H-,23,24);3*2-6H,1H2;/q-1;;;;+1. The van der Waals surface area contributed by atoms with Crippen LogP contribution in [0.15, 0.2) is 136 Å². The van der Waals surface area contributed by atoms with E-state index in [9.17, 15) is 0 Å². The third-order valence-corrected chi connectivity index (χ3v) is 19.1. The maximum atomic E-state index is 6.14. The van der Waals surface area contributed by atoms with Gasteiger partial charge in [-0.15, -0.1) is 0 Å². The summed E-state index contributed by atoms with van der Waals surface area (Å²) in [5.74, 6) is 2.64. The van der Waals surface area contributed by atoms with E-state index < -0.39 is 20.6 Å². The van der Waals surface area contributed by atoms with Crippen LogP contribution in [0.25, 0.3) is 0 Å². The molecule has 0 saturated carbocycles. The van der Waals surface area contributed by atoms with E-state index in [0.717, 1.165) is 36.3 Å². The molecule has 1 aliphatic rings. The molecular formula is C43H49N3OZr. The number of rotatable bonds is 12. The first-order chi connectivity index (χ1) is 23.4. The molecule has 5 aromatic carbocycles. The Morgan fingerprint density at radius 3 is 1.56 bits per heavy atom. The number of anilines is 1. The van der Waals surface area contributed by atoms with Gasteiger partial charge in [0, 0.05) is 0 Å².